The molecule has 0 N–H and O–H groups in total. The van der Waals surface area contributed by atoms with Crippen LogP contribution in [-0.4, -0.2) is 13.1 Å². The van der Waals surface area contributed by atoms with E-state index in [1.54, 1.807) is 0 Å². The summed E-state index contributed by atoms with van der Waals surface area (Å²) in [5.74, 6) is -1.36. The Bertz CT molecular complexity index is 183. The van der Waals surface area contributed by atoms with Crippen LogP contribution in [0.25, 0.3) is 0 Å². The van der Waals surface area contributed by atoms with Gasteiger partial charge in [-0.05, 0) is 24.8 Å². The van der Waals surface area contributed by atoms with Gasteiger partial charge in [-0.1, -0.05) is 6.42 Å². The number of methoxy groups -OCH3 is 1. The minimum absolute atomic E-state index is 0.258. The van der Waals surface area contributed by atoms with E-state index in [0.29, 0.717) is 0 Å². The van der Waals surface area contributed by atoms with Crippen molar-refractivity contribution in [2.24, 2.45) is 5.92 Å². The third-order valence-electron chi connectivity index (χ3n) is 1.91. The zero-order valence-electron chi connectivity index (χ0n) is 6.47. The van der Waals surface area contributed by atoms with Gasteiger partial charge in [-0.15, -0.1) is 0 Å². The summed E-state index contributed by atoms with van der Waals surface area (Å²) in [6.45, 7) is 0. The van der Waals surface area contributed by atoms with E-state index in [1.165, 1.54) is 13.2 Å². The van der Waals surface area contributed by atoms with E-state index in [4.69, 9.17) is 0 Å². The number of rotatable bonds is 2. The lowest BCUT2D eigenvalue weighted by Gasteiger charge is -2.21. The Morgan fingerprint density at radius 1 is 1.64 bits per heavy atom. The number of allylic oxidation sites excluding steroid dienone is 1. The second-order valence-corrected chi connectivity index (χ2v) is 2.70. The van der Waals surface area contributed by atoms with Crippen LogP contribution in [-0.2, 0) is 9.53 Å². The lowest BCUT2D eigenvalue weighted by molar-refractivity contribution is -0.137. The second-order valence-electron chi connectivity index (χ2n) is 2.70. The number of carbonyl (C=O) groups excluding carboxylic acids is 1. The maximum absolute atomic E-state index is 12.7. The molecule has 1 saturated carbocycles. The SMILES string of the molecule is COC(=O)/C(F)=C/C1CCC1. The quantitative estimate of drug-likeness (QED) is 0.452. The lowest BCUT2D eigenvalue weighted by Crippen LogP contribution is -2.10. The van der Waals surface area contributed by atoms with Crippen molar-refractivity contribution in [3.05, 3.63) is 11.9 Å². The smallest absolute Gasteiger partial charge is 0.366 e. The highest BCUT2D eigenvalue weighted by atomic mass is 19.1. The zero-order chi connectivity index (χ0) is 8.27. The number of ether oxygens (including phenoxy) is 1. The van der Waals surface area contributed by atoms with Crippen molar-refractivity contribution < 1.29 is 13.9 Å². The van der Waals surface area contributed by atoms with Gasteiger partial charge in [0.05, 0.1) is 7.11 Å². The third kappa shape index (κ3) is 2.03. The Labute approximate surface area is 65.0 Å². The van der Waals surface area contributed by atoms with Gasteiger partial charge in [0.1, 0.15) is 0 Å². The predicted molar refractivity (Wildman–Crippen MR) is 38.5 cm³/mol. The van der Waals surface area contributed by atoms with Crippen molar-refractivity contribution in [2.75, 3.05) is 7.11 Å². The van der Waals surface area contributed by atoms with Gasteiger partial charge in [-0.2, -0.15) is 4.39 Å². The van der Waals surface area contributed by atoms with Crippen LogP contribution >= 0.6 is 0 Å². The van der Waals surface area contributed by atoms with E-state index in [0.717, 1.165) is 19.3 Å². The van der Waals surface area contributed by atoms with E-state index in [1.807, 2.05) is 0 Å². The lowest BCUT2D eigenvalue weighted by atomic mass is 9.85. The molecule has 1 rings (SSSR count). The highest BCUT2D eigenvalue weighted by Gasteiger charge is 2.18. The summed E-state index contributed by atoms with van der Waals surface area (Å²) in [7, 11) is 1.18. The normalized spacial score (nSPS) is 19.3. The average molecular weight is 158 g/mol. The fraction of sp³-hybridized carbons (Fsp3) is 0.625. The van der Waals surface area contributed by atoms with Crippen LogP contribution in [0.4, 0.5) is 4.39 Å². The molecule has 0 unspecified atom stereocenters. The Morgan fingerprint density at radius 2 is 2.27 bits per heavy atom. The highest BCUT2D eigenvalue weighted by Crippen LogP contribution is 2.28. The van der Waals surface area contributed by atoms with E-state index in [9.17, 15) is 9.18 Å². The Balaban J connectivity index is 2.43. The van der Waals surface area contributed by atoms with Gasteiger partial charge in [0.25, 0.3) is 0 Å². The molecule has 0 radical (unpaired) electrons. The molecule has 0 saturated heterocycles. The minimum atomic E-state index is -0.864. The maximum atomic E-state index is 12.7. The molecule has 0 heterocycles. The van der Waals surface area contributed by atoms with Crippen molar-refractivity contribution in [1.29, 1.82) is 0 Å². The molecule has 1 fully saturated rings. The molecule has 0 bridgehead atoms. The molecule has 1 aliphatic rings. The molecule has 62 valence electrons. The van der Waals surface area contributed by atoms with Crippen LogP contribution in [0, 0.1) is 5.92 Å². The summed E-state index contributed by atoms with van der Waals surface area (Å²) in [6, 6.07) is 0. The highest BCUT2D eigenvalue weighted by molar-refractivity contribution is 5.85. The fourth-order valence-corrected chi connectivity index (χ4v) is 0.979. The summed E-state index contributed by atoms with van der Waals surface area (Å²) >= 11 is 0. The van der Waals surface area contributed by atoms with E-state index >= 15 is 0 Å². The van der Waals surface area contributed by atoms with Crippen LogP contribution in [0.15, 0.2) is 11.9 Å². The van der Waals surface area contributed by atoms with Gasteiger partial charge in [-0.25, -0.2) is 4.79 Å². The van der Waals surface area contributed by atoms with Crippen molar-refractivity contribution in [3.8, 4) is 0 Å². The first-order valence-corrected chi connectivity index (χ1v) is 3.69. The van der Waals surface area contributed by atoms with Crippen LogP contribution < -0.4 is 0 Å². The monoisotopic (exact) mass is 158 g/mol. The van der Waals surface area contributed by atoms with Gasteiger partial charge in [0.15, 0.2) is 0 Å². The van der Waals surface area contributed by atoms with Crippen LogP contribution in [0.5, 0.6) is 0 Å². The minimum Gasteiger partial charge on any atom is -0.464 e. The van der Waals surface area contributed by atoms with Gasteiger partial charge in [0.2, 0.25) is 5.83 Å². The molecule has 2 nitrogen and oxygen atoms in total. The van der Waals surface area contributed by atoms with Crippen molar-refractivity contribution >= 4 is 5.97 Å². The average Bonchev–Trinajstić information content (AvgIpc) is 1.94. The Kier molecular flexibility index (Phi) is 2.63. The molecule has 1 aliphatic carbocycles. The third-order valence-corrected chi connectivity index (χ3v) is 1.91. The molecule has 0 aliphatic heterocycles. The van der Waals surface area contributed by atoms with Gasteiger partial charge in [-0.3, -0.25) is 0 Å². The number of carbonyl (C=O) groups is 1. The molecule has 0 aromatic rings. The Hall–Kier alpha value is -0.860. The van der Waals surface area contributed by atoms with E-state index in [-0.39, 0.29) is 5.92 Å². The number of hydrogen-bond acceptors (Lipinski definition) is 2. The molecule has 0 atom stereocenters. The second kappa shape index (κ2) is 3.51. The predicted octanol–water partition coefficient (Wildman–Crippen LogP) is 1.81. The van der Waals surface area contributed by atoms with Crippen molar-refractivity contribution in [1.82, 2.24) is 0 Å². The Morgan fingerprint density at radius 3 is 2.64 bits per heavy atom. The molecule has 0 amide bonds. The molecular weight excluding hydrogens is 147 g/mol. The van der Waals surface area contributed by atoms with Crippen LogP contribution in [0.2, 0.25) is 0 Å². The topological polar surface area (TPSA) is 26.3 Å². The van der Waals surface area contributed by atoms with E-state index in [2.05, 4.69) is 4.74 Å². The molecule has 11 heavy (non-hydrogen) atoms. The van der Waals surface area contributed by atoms with Crippen LogP contribution in [0.3, 0.4) is 0 Å². The first-order chi connectivity index (χ1) is 5.24. The molecular formula is C8H11FO2. The van der Waals surface area contributed by atoms with Crippen LogP contribution in [0.1, 0.15) is 19.3 Å². The number of halogens is 1. The molecule has 0 aromatic heterocycles. The first kappa shape index (κ1) is 8.24. The molecule has 0 aromatic carbocycles. The first-order valence-electron chi connectivity index (χ1n) is 3.69. The van der Waals surface area contributed by atoms with Crippen molar-refractivity contribution in [3.63, 3.8) is 0 Å². The zero-order valence-corrected chi connectivity index (χ0v) is 6.47. The standard InChI is InChI=1S/C8H11FO2/c1-11-8(10)7(9)5-6-3-2-4-6/h5-6H,2-4H2,1H3/b7-5-. The summed E-state index contributed by atoms with van der Waals surface area (Å²) in [4.78, 5) is 10.5. The number of hydrogen-bond donors (Lipinski definition) is 0. The summed E-state index contributed by atoms with van der Waals surface area (Å²) in [6.07, 6.45) is 4.47. The molecule has 0 spiro atoms. The molecule has 3 heteroatoms. The summed E-state index contributed by atoms with van der Waals surface area (Å²) in [5, 5.41) is 0. The summed E-state index contributed by atoms with van der Waals surface area (Å²) < 4.78 is 16.9. The summed E-state index contributed by atoms with van der Waals surface area (Å²) in [5.41, 5.74) is 0. The largest absolute Gasteiger partial charge is 0.464 e. The van der Waals surface area contributed by atoms with Gasteiger partial charge >= 0.3 is 5.97 Å². The van der Waals surface area contributed by atoms with E-state index < -0.39 is 11.8 Å². The van der Waals surface area contributed by atoms with Gasteiger partial charge < -0.3 is 4.74 Å². The number of esters is 1. The maximum Gasteiger partial charge on any atom is 0.366 e. The van der Waals surface area contributed by atoms with Crippen molar-refractivity contribution in [2.45, 2.75) is 19.3 Å². The fourth-order valence-electron chi connectivity index (χ4n) is 0.979. The van der Waals surface area contributed by atoms with Gasteiger partial charge in [0, 0.05) is 0 Å².